The smallest absolute Gasteiger partial charge is 0.0681 e. The first-order valence-corrected chi connectivity index (χ1v) is 7.09. The largest absolute Gasteiger partial charge is 0.353 e. The highest BCUT2D eigenvalue weighted by molar-refractivity contribution is 6.32. The Kier molecular flexibility index (Phi) is 2.69. The molecular weight excluding hydrogens is 282 g/mol. The van der Waals surface area contributed by atoms with Crippen molar-refractivity contribution in [3.63, 3.8) is 0 Å². The second-order valence-electron chi connectivity index (χ2n) is 5.06. The quantitative estimate of drug-likeness (QED) is 0.551. The van der Waals surface area contributed by atoms with Crippen LogP contribution in [-0.2, 0) is 0 Å². The Hall–Kier alpha value is -2.39. The molecule has 0 bridgehead atoms. The summed E-state index contributed by atoms with van der Waals surface area (Å²) in [7, 11) is 0. The zero-order valence-electron chi connectivity index (χ0n) is 11.4. The number of aryl methyl sites for hydroxylation is 1. The number of aromatic nitrogens is 3. The number of nitrogens with zero attached hydrogens (tertiary/aromatic N) is 2. The van der Waals surface area contributed by atoms with Crippen LogP contribution in [0.3, 0.4) is 0 Å². The van der Waals surface area contributed by atoms with Gasteiger partial charge in [0.15, 0.2) is 0 Å². The highest BCUT2D eigenvalue weighted by Crippen LogP contribution is 2.36. The summed E-state index contributed by atoms with van der Waals surface area (Å²) in [6.07, 6.45) is 5.41. The van der Waals surface area contributed by atoms with E-state index < -0.39 is 0 Å². The van der Waals surface area contributed by atoms with E-state index in [1.807, 2.05) is 43.5 Å². The van der Waals surface area contributed by atoms with Gasteiger partial charge in [-0.05, 0) is 42.8 Å². The van der Waals surface area contributed by atoms with Crippen LogP contribution in [0, 0.1) is 6.92 Å². The summed E-state index contributed by atoms with van der Waals surface area (Å²) in [5.41, 5.74) is 5.30. The fourth-order valence-electron chi connectivity index (χ4n) is 2.79. The van der Waals surface area contributed by atoms with E-state index in [1.54, 1.807) is 12.4 Å². The van der Waals surface area contributed by atoms with Crippen LogP contribution in [0.2, 0.25) is 5.02 Å². The summed E-state index contributed by atoms with van der Waals surface area (Å²) in [5, 5.41) is 3.00. The molecule has 0 unspecified atom stereocenters. The van der Waals surface area contributed by atoms with E-state index >= 15 is 0 Å². The Labute approximate surface area is 126 Å². The molecule has 3 nitrogen and oxygen atoms in total. The van der Waals surface area contributed by atoms with Crippen LogP contribution < -0.4 is 0 Å². The van der Waals surface area contributed by atoms with Crippen molar-refractivity contribution in [1.82, 2.24) is 15.0 Å². The summed E-state index contributed by atoms with van der Waals surface area (Å²) in [6.45, 7) is 2.01. The monoisotopic (exact) mass is 293 g/mol. The lowest BCUT2D eigenvalue weighted by Crippen LogP contribution is -1.82. The van der Waals surface area contributed by atoms with Crippen molar-refractivity contribution in [3.05, 3.63) is 59.6 Å². The minimum absolute atomic E-state index is 0.727. The number of H-pyrrole nitrogens is 1. The van der Waals surface area contributed by atoms with Crippen molar-refractivity contribution in [2.24, 2.45) is 0 Å². The minimum atomic E-state index is 0.727. The second-order valence-corrected chi connectivity index (χ2v) is 5.49. The lowest BCUT2D eigenvalue weighted by atomic mass is 10.0. The standard InChI is InChI=1S/C17H12ClN3/c1-10-16-13(4-7-20-10)15-9-12(18)8-14(17(15)21-16)11-2-5-19-6-3-11/h2-9,21H,1H3. The first-order valence-electron chi connectivity index (χ1n) is 6.71. The van der Waals surface area contributed by atoms with E-state index in [4.69, 9.17) is 11.6 Å². The molecule has 0 saturated carbocycles. The maximum Gasteiger partial charge on any atom is 0.0681 e. The van der Waals surface area contributed by atoms with Gasteiger partial charge in [-0.25, -0.2) is 0 Å². The summed E-state index contributed by atoms with van der Waals surface area (Å²) in [4.78, 5) is 11.9. The molecular formula is C17H12ClN3. The van der Waals surface area contributed by atoms with Crippen LogP contribution in [0.4, 0.5) is 0 Å². The Morgan fingerprint density at radius 1 is 0.952 bits per heavy atom. The number of halogens is 1. The number of rotatable bonds is 1. The number of pyridine rings is 2. The van der Waals surface area contributed by atoms with Crippen LogP contribution in [0.1, 0.15) is 5.69 Å². The molecule has 21 heavy (non-hydrogen) atoms. The third kappa shape index (κ3) is 1.89. The average molecular weight is 294 g/mol. The Morgan fingerprint density at radius 2 is 1.76 bits per heavy atom. The fraction of sp³-hybridized carbons (Fsp3) is 0.0588. The molecule has 0 aliphatic heterocycles. The van der Waals surface area contributed by atoms with E-state index in [2.05, 4.69) is 15.0 Å². The molecule has 1 aromatic carbocycles. The van der Waals surface area contributed by atoms with Crippen LogP contribution in [0.25, 0.3) is 32.9 Å². The van der Waals surface area contributed by atoms with Crippen molar-refractivity contribution in [3.8, 4) is 11.1 Å². The summed E-state index contributed by atoms with van der Waals surface area (Å²) >= 11 is 6.33. The van der Waals surface area contributed by atoms with Crippen LogP contribution >= 0.6 is 11.6 Å². The predicted molar refractivity (Wildman–Crippen MR) is 86.6 cm³/mol. The van der Waals surface area contributed by atoms with Crippen molar-refractivity contribution in [1.29, 1.82) is 0 Å². The van der Waals surface area contributed by atoms with Crippen molar-refractivity contribution >= 4 is 33.4 Å². The zero-order chi connectivity index (χ0) is 14.4. The van der Waals surface area contributed by atoms with Gasteiger partial charge in [-0.15, -0.1) is 0 Å². The lowest BCUT2D eigenvalue weighted by Gasteiger charge is -2.04. The molecule has 4 heteroatoms. The SMILES string of the molecule is Cc1nccc2c1[nH]c1c(-c3ccncc3)cc(Cl)cc12. The number of benzene rings is 1. The van der Waals surface area contributed by atoms with Gasteiger partial charge < -0.3 is 4.98 Å². The van der Waals surface area contributed by atoms with Gasteiger partial charge in [0.1, 0.15) is 0 Å². The van der Waals surface area contributed by atoms with Gasteiger partial charge >= 0.3 is 0 Å². The maximum absolute atomic E-state index is 6.33. The molecule has 0 aliphatic carbocycles. The van der Waals surface area contributed by atoms with E-state index in [1.165, 1.54) is 0 Å². The molecule has 0 saturated heterocycles. The van der Waals surface area contributed by atoms with E-state index in [0.29, 0.717) is 0 Å². The van der Waals surface area contributed by atoms with Crippen molar-refractivity contribution in [2.45, 2.75) is 6.92 Å². The number of aromatic amines is 1. The number of hydrogen-bond acceptors (Lipinski definition) is 2. The Balaban J connectivity index is 2.17. The summed E-state index contributed by atoms with van der Waals surface area (Å²) in [5.74, 6) is 0. The Bertz CT molecular complexity index is 958. The minimum Gasteiger partial charge on any atom is -0.353 e. The van der Waals surface area contributed by atoms with Gasteiger partial charge in [-0.1, -0.05) is 11.6 Å². The van der Waals surface area contributed by atoms with Crippen LogP contribution in [0.5, 0.6) is 0 Å². The predicted octanol–water partition coefficient (Wildman–Crippen LogP) is 4.74. The second kappa shape index (κ2) is 4.57. The van der Waals surface area contributed by atoms with Crippen molar-refractivity contribution in [2.75, 3.05) is 0 Å². The number of nitrogens with one attached hydrogen (secondary N) is 1. The van der Waals surface area contributed by atoms with E-state index in [-0.39, 0.29) is 0 Å². The molecule has 1 N–H and O–H groups in total. The lowest BCUT2D eigenvalue weighted by molar-refractivity contribution is 1.22. The van der Waals surface area contributed by atoms with Gasteiger partial charge in [-0.2, -0.15) is 0 Å². The molecule has 102 valence electrons. The number of hydrogen-bond donors (Lipinski definition) is 1. The molecule has 0 fully saturated rings. The topological polar surface area (TPSA) is 41.6 Å². The summed E-state index contributed by atoms with van der Waals surface area (Å²) < 4.78 is 0. The fourth-order valence-corrected chi connectivity index (χ4v) is 3.00. The van der Waals surface area contributed by atoms with Gasteiger partial charge in [0.25, 0.3) is 0 Å². The normalized spacial score (nSPS) is 11.3. The van der Waals surface area contributed by atoms with Crippen molar-refractivity contribution < 1.29 is 0 Å². The van der Waals surface area contributed by atoms with Gasteiger partial charge in [0.2, 0.25) is 0 Å². The van der Waals surface area contributed by atoms with E-state index in [0.717, 1.165) is 43.6 Å². The van der Waals surface area contributed by atoms with Gasteiger partial charge in [-0.3, -0.25) is 9.97 Å². The maximum atomic E-state index is 6.33. The first-order chi connectivity index (χ1) is 10.2. The molecule has 0 spiro atoms. The molecule has 0 atom stereocenters. The molecule has 3 heterocycles. The van der Waals surface area contributed by atoms with Crippen LogP contribution in [-0.4, -0.2) is 15.0 Å². The third-order valence-electron chi connectivity index (χ3n) is 3.78. The number of fused-ring (bicyclic) bond motifs is 3. The molecule has 0 radical (unpaired) electrons. The molecule has 0 aliphatic rings. The third-order valence-corrected chi connectivity index (χ3v) is 3.99. The molecule has 4 aromatic rings. The van der Waals surface area contributed by atoms with Gasteiger partial charge in [0.05, 0.1) is 16.7 Å². The first kappa shape index (κ1) is 12.4. The average Bonchev–Trinajstić information content (AvgIpc) is 2.88. The zero-order valence-corrected chi connectivity index (χ0v) is 12.1. The molecule has 3 aromatic heterocycles. The van der Waals surface area contributed by atoms with Gasteiger partial charge in [0, 0.05) is 39.9 Å². The van der Waals surface area contributed by atoms with Crippen LogP contribution in [0.15, 0.2) is 48.9 Å². The van der Waals surface area contributed by atoms with E-state index in [9.17, 15) is 0 Å². The molecule has 0 amide bonds. The Morgan fingerprint density at radius 3 is 2.57 bits per heavy atom. The molecule has 4 rings (SSSR count). The highest BCUT2D eigenvalue weighted by Gasteiger charge is 2.12. The highest BCUT2D eigenvalue weighted by atomic mass is 35.5. The summed E-state index contributed by atoms with van der Waals surface area (Å²) in [6, 6.07) is 9.98.